The molecule has 0 aromatic rings. The Morgan fingerprint density at radius 3 is 2.38 bits per heavy atom. The van der Waals surface area contributed by atoms with E-state index in [4.69, 9.17) is 4.74 Å². The number of halogens is 3. The van der Waals surface area contributed by atoms with E-state index in [2.05, 4.69) is 36.4 Å². The Kier molecular flexibility index (Phi) is 3.52. The fraction of sp³-hybridized carbons (Fsp3) is 1.00. The summed E-state index contributed by atoms with van der Waals surface area (Å²) in [4.78, 5) is 0. The summed E-state index contributed by atoms with van der Waals surface area (Å²) in [6.45, 7) is 3.98. The Labute approximate surface area is 109 Å². The van der Waals surface area contributed by atoms with Crippen molar-refractivity contribution in [3.63, 3.8) is 0 Å². The van der Waals surface area contributed by atoms with Crippen LogP contribution in [0.5, 0.6) is 0 Å². The molecule has 0 aromatic heterocycles. The van der Waals surface area contributed by atoms with E-state index < -0.39 is 13.0 Å². The maximum atomic E-state index is 12.4. The lowest BCUT2D eigenvalue weighted by Crippen LogP contribution is -2.53. The van der Waals surface area contributed by atoms with Crippen LogP contribution in [-0.2, 0) is 4.74 Å². The minimum atomic E-state index is -2.35. The van der Waals surface area contributed by atoms with Crippen molar-refractivity contribution in [3.8, 4) is 0 Å². The van der Waals surface area contributed by atoms with Crippen molar-refractivity contribution in [3.05, 3.63) is 0 Å². The highest BCUT2D eigenvalue weighted by atomic mass is 127. The second-order valence-electron chi connectivity index (χ2n) is 5.65. The molecule has 2 rings (SSSR count). The molecule has 16 heavy (non-hydrogen) atoms. The molecule has 1 nitrogen and oxygen atoms in total. The summed E-state index contributed by atoms with van der Waals surface area (Å²) in [5, 5.41) is 0. The van der Waals surface area contributed by atoms with E-state index in [1.165, 1.54) is 12.8 Å². The highest BCUT2D eigenvalue weighted by Gasteiger charge is 2.63. The van der Waals surface area contributed by atoms with Gasteiger partial charge in [-0.1, -0.05) is 36.4 Å². The molecule has 0 saturated heterocycles. The summed E-state index contributed by atoms with van der Waals surface area (Å²) in [7, 11) is 0. The molecule has 0 aromatic carbocycles. The van der Waals surface area contributed by atoms with Gasteiger partial charge in [0, 0.05) is 4.43 Å². The Morgan fingerprint density at radius 1 is 1.31 bits per heavy atom. The Morgan fingerprint density at radius 2 is 1.94 bits per heavy atom. The summed E-state index contributed by atoms with van der Waals surface area (Å²) < 4.78 is 31.2. The van der Waals surface area contributed by atoms with Gasteiger partial charge < -0.3 is 4.74 Å². The molecule has 2 aliphatic carbocycles. The molecule has 0 spiro atoms. The van der Waals surface area contributed by atoms with E-state index in [0.717, 1.165) is 10.8 Å². The van der Waals surface area contributed by atoms with Crippen molar-refractivity contribution in [1.82, 2.24) is 0 Å². The first-order chi connectivity index (χ1) is 7.44. The van der Waals surface area contributed by atoms with Crippen LogP contribution in [0.2, 0.25) is 0 Å². The lowest BCUT2D eigenvalue weighted by Gasteiger charge is -2.48. The summed E-state index contributed by atoms with van der Waals surface area (Å²) in [5.41, 5.74) is -0.265. The topological polar surface area (TPSA) is 9.23 Å². The molecule has 2 saturated carbocycles. The van der Waals surface area contributed by atoms with E-state index in [-0.39, 0.29) is 11.0 Å². The van der Waals surface area contributed by atoms with Gasteiger partial charge in [0.25, 0.3) is 6.43 Å². The van der Waals surface area contributed by atoms with E-state index in [9.17, 15) is 8.78 Å². The maximum Gasteiger partial charge on any atom is 0.261 e. The fourth-order valence-corrected chi connectivity index (χ4v) is 5.59. The summed E-state index contributed by atoms with van der Waals surface area (Å²) in [6.07, 6.45) is 1.21. The van der Waals surface area contributed by atoms with Gasteiger partial charge in [-0.05, 0) is 36.5 Å². The quantitative estimate of drug-likeness (QED) is 0.555. The number of rotatable bonds is 4. The average Bonchev–Trinajstić information content (AvgIpc) is 2.74. The zero-order valence-corrected chi connectivity index (χ0v) is 12.0. The Bertz CT molecular complexity index is 270. The highest BCUT2D eigenvalue weighted by molar-refractivity contribution is 14.1. The van der Waals surface area contributed by atoms with Crippen LogP contribution in [0, 0.1) is 17.3 Å². The molecule has 0 amide bonds. The summed E-state index contributed by atoms with van der Waals surface area (Å²) >= 11 is 2.30. The van der Waals surface area contributed by atoms with Crippen molar-refractivity contribution in [1.29, 1.82) is 0 Å². The number of fused-ring (bicyclic) bond motifs is 2. The largest absolute Gasteiger partial charge is 0.367 e. The van der Waals surface area contributed by atoms with Crippen LogP contribution in [-0.4, -0.2) is 23.1 Å². The van der Waals surface area contributed by atoms with Gasteiger partial charge in [-0.25, -0.2) is 8.78 Å². The first kappa shape index (κ1) is 13.0. The van der Waals surface area contributed by atoms with Gasteiger partial charge in [0.15, 0.2) is 0 Å². The lowest BCUT2D eigenvalue weighted by molar-refractivity contribution is -0.158. The molecule has 2 aliphatic rings. The van der Waals surface area contributed by atoms with Gasteiger partial charge in [-0.2, -0.15) is 0 Å². The molecule has 0 radical (unpaired) electrons. The van der Waals surface area contributed by atoms with Crippen molar-refractivity contribution in [2.75, 3.05) is 11.0 Å². The Balaban J connectivity index is 2.19. The van der Waals surface area contributed by atoms with Crippen LogP contribution in [0.15, 0.2) is 0 Å². The molecule has 3 unspecified atom stereocenters. The zero-order valence-electron chi connectivity index (χ0n) is 9.81. The number of ether oxygens (including phenoxy) is 1. The summed E-state index contributed by atoms with van der Waals surface area (Å²) in [5.74, 6) is 1.15. The highest BCUT2D eigenvalue weighted by Crippen LogP contribution is 2.63. The lowest BCUT2D eigenvalue weighted by atomic mass is 9.66. The normalized spacial score (nSPS) is 40.9. The van der Waals surface area contributed by atoms with Crippen LogP contribution in [0.4, 0.5) is 8.78 Å². The number of alkyl halides is 3. The smallest absolute Gasteiger partial charge is 0.261 e. The first-order valence-electron chi connectivity index (χ1n) is 5.92. The molecular weight excluding hydrogens is 325 g/mol. The molecular formula is C12H19F2IO. The third kappa shape index (κ3) is 1.71. The van der Waals surface area contributed by atoms with Gasteiger partial charge in [-0.15, -0.1) is 0 Å². The molecule has 2 bridgehead atoms. The monoisotopic (exact) mass is 344 g/mol. The number of hydrogen-bond acceptors (Lipinski definition) is 1. The predicted molar refractivity (Wildman–Crippen MR) is 68.2 cm³/mol. The van der Waals surface area contributed by atoms with Crippen LogP contribution in [0.3, 0.4) is 0 Å². The first-order valence-corrected chi connectivity index (χ1v) is 7.44. The van der Waals surface area contributed by atoms with Crippen molar-refractivity contribution in [2.45, 2.75) is 45.1 Å². The third-order valence-corrected chi connectivity index (χ3v) is 6.00. The minimum absolute atomic E-state index is 0.0476. The van der Waals surface area contributed by atoms with E-state index in [1.54, 1.807) is 0 Å². The van der Waals surface area contributed by atoms with Crippen LogP contribution < -0.4 is 0 Å². The molecule has 0 aliphatic heterocycles. The molecule has 94 valence electrons. The SMILES string of the molecule is CC1(C)C2CCC(C2)C1(CI)OCC(F)F. The van der Waals surface area contributed by atoms with Crippen LogP contribution in [0.25, 0.3) is 0 Å². The second-order valence-corrected chi connectivity index (χ2v) is 6.42. The zero-order chi connectivity index (χ0) is 12.0. The predicted octanol–water partition coefficient (Wildman–Crippen LogP) is 3.90. The second kappa shape index (κ2) is 4.34. The maximum absolute atomic E-state index is 12.4. The van der Waals surface area contributed by atoms with Crippen LogP contribution in [0.1, 0.15) is 33.1 Å². The standard InChI is InChI=1S/C12H19F2IO/c1-11(2)8-3-4-9(5-8)12(11,7-15)16-6-10(13)14/h8-10H,3-7H2,1-2H3. The molecule has 2 fully saturated rings. The van der Waals surface area contributed by atoms with Crippen molar-refractivity contribution >= 4 is 22.6 Å². The third-order valence-electron chi connectivity index (χ3n) is 4.87. The molecule has 0 heterocycles. The average molecular weight is 344 g/mol. The van der Waals surface area contributed by atoms with Gasteiger partial charge in [0.2, 0.25) is 0 Å². The van der Waals surface area contributed by atoms with Crippen molar-refractivity contribution < 1.29 is 13.5 Å². The van der Waals surface area contributed by atoms with Gasteiger partial charge >= 0.3 is 0 Å². The van der Waals surface area contributed by atoms with E-state index in [0.29, 0.717) is 11.8 Å². The Hall–Kier alpha value is 0.550. The van der Waals surface area contributed by atoms with E-state index in [1.807, 2.05) is 0 Å². The minimum Gasteiger partial charge on any atom is -0.367 e. The summed E-state index contributed by atoms with van der Waals surface area (Å²) in [6, 6.07) is 0. The fourth-order valence-electron chi connectivity index (χ4n) is 3.77. The van der Waals surface area contributed by atoms with Gasteiger partial charge in [-0.3, -0.25) is 0 Å². The number of hydrogen-bond donors (Lipinski definition) is 0. The van der Waals surface area contributed by atoms with Crippen LogP contribution >= 0.6 is 22.6 Å². The van der Waals surface area contributed by atoms with E-state index >= 15 is 0 Å². The van der Waals surface area contributed by atoms with Crippen molar-refractivity contribution in [2.24, 2.45) is 17.3 Å². The molecule has 0 N–H and O–H groups in total. The van der Waals surface area contributed by atoms with Gasteiger partial charge in [0.1, 0.15) is 6.61 Å². The molecule has 3 atom stereocenters. The van der Waals surface area contributed by atoms with Gasteiger partial charge in [0.05, 0.1) is 5.60 Å². The molecule has 4 heteroatoms.